The van der Waals surface area contributed by atoms with Crippen LogP contribution < -0.4 is 15.9 Å². The highest BCUT2D eigenvalue weighted by Gasteiger charge is 2.21. The first-order chi connectivity index (χ1) is 19.4. The zero-order valence-corrected chi connectivity index (χ0v) is 22.9. The molecule has 7 heteroatoms. The average Bonchev–Trinajstić information content (AvgIpc) is 3.58. The highest BCUT2D eigenvalue weighted by molar-refractivity contribution is 5.93. The Hall–Kier alpha value is -4.78. The van der Waals surface area contributed by atoms with E-state index in [1.165, 1.54) is 6.42 Å². The summed E-state index contributed by atoms with van der Waals surface area (Å²) < 4.78 is 16.4. The van der Waals surface area contributed by atoms with E-state index in [0.717, 1.165) is 46.4 Å². The largest absolute Gasteiger partial charge is 0.359 e. The van der Waals surface area contributed by atoms with Crippen LogP contribution in [0.3, 0.4) is 0 Å². The number of imidazole rings is 1. The monoisotopic (exact) mass is 532 g/mol. The summed E-state index contributed by atoms with van der Waals surface area (Å²) >= 11 is 0. The van der Waals surface area contributed by atoms with Gasteiger partial charge in [0.1, 0.15) is 11.5 Å². The van der Waals surface area contributed by atoms with Crippen LogP contribution in [0.25, 0.3) is 45.6 Å². The molecule has 3 N–H and O–H groups in total. The van der Waals surface area contributed by atoms with E-state index >= 15 is 4.39 Å². The molecule has 0 spiro atoms. The topological polar surface area (TPSA) is 82.3 Å². The molecule has 1 aliphatic carbocycles. The normalized spacial score (nSPS) is 15.6. The van der Waals surface area contributed by atoms with Crippen molar-refractivity contribution in [1.82, 2.24) is 30.5 Å². The predicted octanol–water partition coefficient (Wildman–Crippen LogP) is 6.37. The number of hydrogen-bond donors (Lipinski definition) is 3. The Kier molecular flexibility index (Phi) is 7.73. The van der Waals surface area contributed by atoms with Gasteiger partial charge in [-0.3, -0.25) is 10.1 Å². The van der Waals surface area contributed by atoms with Gasteiger partial charge in [-0.2, -0.15) is 5.10 Å². The fraction of sp³-hybridized carbons (Fsp3) is 0.182. The molecule has 1 aromatic carbocycles. The summed E-state index contributed by atoms with van der Waals surface area (Å²) in [6.07, 6.45) is 14.1. The summed E-state index contributed by atoms with van der Waals surface area (Å²) in [7, 11) is 0. The molecule has 3 aromatic heterocycles. The minimum absolute atomic E-state index is 0.234. The Bertz CT molecular complexity index is 1780. The average molecular weight is 533 g/mol. The van der Waals surface area contributed by atoms with Crippen LogP contribution in [0.5, 0.6) is 0 Å². The highest BCUT2D eigenvalue weighted by atomic mass is 19.1. The molecule has 1 fully saturated rings. The molecule has 0 saturated heterocycles. The smallest absolute Gasteiger partial charge is 0.159 e. The number of nitrogens with zero attached hydrogens (tertiary/aromatic N) is 3. The van der Waals surface area contributed by atoms with Gasteiger partial charge in [0.25, 0.3) is 0 Å². The molecule has 6 nitrogen and oxygen atoms in total. The van der Waals surface area contributed by atoms with E-state index in [9.17, 15) is 0 Å². The van der Waals surface area contributed by atoms with Crippen LogP contribution in [0.4, 0.5) is 4.39 Å². The molecular formula is C33H33FN6. The molecular weight excluding hydrogens is 499 g/mol. The Morgan fingerprint density at radius 3 is 2.55 bits per heavy atom. The standard InChI is InChI=1S/C33H33FN6/c1-6-22(19-25(7-2)36-21(5)23-11-9-12-23)20(4)30(34)29-27(8-3)39-40-32(29)33-37-28-14-10-13-26(31(28)38-33)24-15-17-35-18-16-24/h6-8,10,13-19,23,36,39H,2,4-5,9,11-12H2,1,3H3,(H,37,38)/b22-6+,25-19+,27-8+,30-29-. The molecule has 202 valence electrons. The van der Waals surface area contributed by atoms with E-state index in [1.807, 2.05) is 56.3 Å². The van der Waals surface area contributed by atoms with Crippen molar-refractivity contribution in [3.05, 3.63) is 114 Å². The number of pyridine rings is 1. The Morgan fingerprint density at radius 1 is 1.12 bits per heavy atom. The number of fused-ring (bicyclic) bond motifs is 1. The first-order valence-electron chi connectivity index (χ1n) is 13.4. The van der Waals surface area contributed by atoms with Crippen molar-refractivity contribution in [3.8, 4) is 22.6 Å². The molecule has 0 amide bonds. The van der Waals surface area contributed by atoms with Crippen molar-refractivity contribution in [1.29, 1.82) is 0 Å². The number of nitrogens with one attached hydrogen (secondary N) is 3. The molecule has 3 heterocycles. The number of aromatic amines is 2. The predicted molar refractivity (Wildman–Crippen MR) is 162 cm³/mol. The quantitative estimate of drug-likeness (QED) is 0.219. The van der Waals surface area contributed by atoms with Crippen molar-refractivity contribution >= 4 is 22.9 Å². The second-order valence-electron chi connectivity index (χ2n) is 9.79. The molecule has 1 saturated carbocycles. The van der Waals surface area contributed by atoms with E-state index in [-0.39, 0.29) is 5.57 Å². The lowest BCUT2D eigenvalue weighted by Crippen LogP contribution is -2.26. The number of allylic oxidation sites excluding steroid dienone is 6. The van der Waals surface area contributed by atoms with Gasteiger partial charge in [0.2, 0.25) is 0 Å². The Balaban J connectivity index is 1.57. The first-order valence-corrected chi connectivity index (χ1v) is 13.4. The maximum Gasteiger partial charge on any atom is 0.159 e. The van der Waals surface area contributed by atoms with E-state index in [2.05, 4.69) is 45.2 Å². The van der Waals surface area contributed by atoms with Crippen LogP contribution >= 0.6 is 0 Å². The fourth-order valence-electron chi connectivity index (χ4n) is 4.85. The van der Waals surface area contributed by atoms with Crippen LogP contribution in [-0.2, 0) is 0 Å². The van der Waals surface area contributed by atoms with Crippen molar-refractivity contribution in [2.75, 3.05) is 0 Å². The maximum absolute atomic E-state index is 16.4. The Morgan fingerprint density at radius 2 is 1.90 bits per heavy atom. The molecule has 0 atom stereocenters. The third kappa shape index (κ3) is 5.10. The van der Waals surface area contributed by atoms with Gasteiger partial charge >= 0.3 is 0 Å². The van der Waals surface area contributed by atoms with Gasteiger partial charge in [-0.1, -0.05) is 50.4 Å². The van der Waals surface area contributed by atoms with Crippen LogP contribution in [-0.4, -0.2) is 25.1 Å². The highest BCUT2D eigenvalue weighted by Crippen LogP contribution is 2.32. The van der Waals surface area contributed by atoms with Gasteiger partial charge in [0, 0.05) is 34.9 Å². The minimum Gasteiger partial charge on any atom is -0.359 e. The van der Waals surface area contributed by atoms with Gasteiger partial charge < -0.3 is 10.3 Å². The van der Waals surface area contributed by atoms with E-state index in [4.69, 9.17) is 4.98 Å². The number of benzene rings is 1. The third-order valence-electron chi connectivity index (χ3n) is 7.39. The summed E-state index contributed by atoms with van der Waals surface area (Å²) in [5, 5.41) is 11.6. The second kappa shape index (κ2) is 11.5. The molecule has 0 bridgehead atoms. The maximum atomic E-state index is 16.4. The van der Waals surface area contributed by atoms with E-state index in [1.54, 1.807) is 24.5 Å². The number of H-pyrrole nitrogens is 2. The zero-order chi connectivity index (χ0) is 28.2. The minimum atomic E-state index is -0.489. The number of hydrogen-bond acceptors (Lipinski definition) is 4. The van der Waals surface area contributed by atoms with Gasteiger partial charge in [-0.15, -0.1) is 0 Å². The lowest BCUT2D eigenvalue weighted by Gasteiger charge is -2.28. The number of halogens is 1. The SMILES string of the molecule is C=C/C(=C\C(=C/C)C(=C)/C(F)=c1/c(-c2nc3c(-c4ccncc4)cccc3[nH]2)n[nH]/c1=C/C)NC(=C)C1CCC1. The second-order valence-corrected chi connectivity index (χ2v) is 9.79. The summed E-state index contributed by atoms with van der Waals surface area (Å²) in [5.41, 5.74) is 6.47. The number of rotatable bonds is 9. The molecule has 40 heavy (non-hydrogen) atoms. The Labute approximate surface area is 233 Å². The molecule has 0 unspecified atom stereocenters. The zero-order valence-electron chi connectivity index (χ0n) is 22.9. The van der Waals surface area contributed by atoms with Crippen molar-refractivity contribution in [2.45, 2.75) is 33.1 Å². The first kappa shape index (κ1) is 26.8. The van der Waals surface area contributed by atoms with E-state index in [0.29, 0.717) is 33.6 Å². The van der Waals surface area contributed by atoms with Crippen molar-refractivity contribution in [2.24, 2.45) is 5.92 Å². The fourth-order valence-corrected chi connectivity index (χ4v) is 4.85. The lowest BCUT2D eigenvalue weighted by molar-refractivity contribution is 0.356. The number of aromatic nitrogens is 5. The summed E-state index contributed by atoms with van der Waals surface area (Å²) in [6, 6.07) is 9.78. The van der Waals surface area contributed by atoms with Crippen LogP contribution in [0, 0.1) is 5.92 Å². The van der Waals surface area contributed by atoms with Crippen LogP contribution in [0.1, 0.15) is 33.1 Å². The van der Waals surface area contributed by atoms with Gasteiger partial charge in [0.05, 0.1) is 21.6 Å². The molecule has 4 aromatic rings. The van der Waals surface area contributed by atoms with Gasteiger partial charge in [0.15, 0.2) is 5.82 Å². The molecule has 0 radical (unpaired) electrons. The van der Waals surface area contributed by atoms with E-state index < -0.39 is 5.83 Å². The molecule has 0 aliphatic heterocycles. The summed E-state index contributed by atoms with van der Waals surface area (Å²) in [4.78, 5) is 12.3. The van der Waals surface area contributed by atoms with Crippen molar-refractivity contribution < 1.29 is 4.39 Å². The lowest BCUT2D eigenvalue weighted by atomic mass is 9.83. The van der Waals surface area contributed by atoms with Crippen LogP contribution in [0.2, 0.25) is 0 Å². The molecule has 5 rings (SSSR count). The van der Waals surface area contributed by atoms with Crippen LogP contribution in [0.15, 0.2) is 103 Å². The third-order valence-corrected chi connectivity index (χ3v) is 7.39. The molecule has 1 aliphatic rings. The van der Waals surface area contributed by atoms with Gasteiger partial charge in [-0.05, 0) is 74.1 Å². The summed E-state index contributed by atoms with van der Waals surface area (Å²) in [5.74, 6) is 0.432. The van der Waals surface area contributed by atoms with Crippen molar-refractivity contribution in [3.63, 3.8) is 0 Å². The summed E-state index contributed by atoms with van der Waals surface area (Å²) in [6.45, 7) is 15.9. The number of para-hydroxylation sites is 1. The van der Waals surface area contributed by atoms with Gasteiger partial charge in [-0.25, -0.2) is 9.37 Å².